The predicted octanol–water partition coefficient (Wildman–Crippen LogP) is 11.6. The van der Waals surface area contributed by atoms with Gasteiger partial charge in [-0.1, -0.05) is 78.9 Å². The molecule has 0 bridgehead atoms. The molecular formula is C36H24N2S2. The van der Waals surface area contributed by atoms with E-state index >= 15 is 0 Å². The van der Waals surface area contributed by atoms with Crippen molar-refractivity contribution in [2.45, 2.75) is 0 Å². The van der Waals surface area contributed by atoms with Crippen molar-refractivity contribution in [2.24, 2.45) is 0 Å². The number of para-hydroxylation sites is 3. The Kier molecular flexibility index (Phi) is 5.54. The molecule has 0 amide bonds. The molecule has 0 saturated heterocycles. The topological polar surface area (TPSA) is 15.3 Å². The van der Waals surface area contributed by atoms with E-state index in [1.807, 2.05) is 28.7 Å². The van der Waals surface area contributed by atoms with Crippen molar-refractivity contribution < 1.29 is 0 Å². The zero-order valence-electron chi connectivity index (χ0n) is 21.5. The van der Waals surface area contributed by atoms with Crippen LogP contribution in [-0.4, -0.2) is 0 Å². The zero-order valence-corrected chi connectivity index (χ0v) is 23.2. The highest BCUT2D eigenvalue weighted by molar-refractivity contribution is 7.26. The molecule has 0 fully saturated rings. The lowest BCUT2D eigenvalue weighted by Crippen LogP contribution is -2.12. The van der Waals surface area contributed by atoms with Gasteiger partial charge in [-0.25, -0.2) is 0 Å². The van der Waals surface area contributed by atoms with Crippen LogP contribution in [0.25, 0.3) is 40.3 Å². The standard InChI is InChI=1S/C36H24N2S2/c1-2-11-24(12-3-1)37-29-15-6-7-16-30(29)38(25-21-22-27-26-13-4-8-18-32(26)40-35(27)23-25)31-17-10-20-34-36(31)28-14-5-9-19-33(28)39-34/h1-23,37H. The Hall–Kier alpha value is -4.64. The molecule has 4 heteroatoms. The highest BCUT2D eigenvalue weighted by atomic mass is 32.1. The molecule has 0 atom stereocenters. The van der Waals surface area contributed by atoms with Gasteiger partial charge in [-0.3, -0.25) is 0 Å². The molecule has 1 N–H and O–H groups in total. The van der Waals surface area contributed by atoms with Crippen LogP contribution in [0, 0.1) is 0 Å². The van der Waals surface area contributed by atoms with Crippen molar-refractivity contribution in [3.8, 4) is 0 Å². The van der Waals surface area contributed by atoms with Gasteiger partial charge in [0.1, 0.15) is 0 Å². The lowest BCUT2D eigenvalue weighted by atomic mass is 10.1. The van der Waals surface area contributed by atoms with Crippen molar-refractivity contribution in [3.05, 3.63) is 140 Å². The molecule has 8 rings (SSSR count). The van der Waals surface area contributed by atoms with E-state index in [9.17, 15) is 0 Å². The number of benzene rings is 6. The van der Waals surface area contributed by atoms with Crippen LogP contribution >= 0.6 is 22.7 Å². The van der Waals surface area contributed by atoms with E-state index in [4.69, 9.17) is 0 Å². The van der Waals surface area contributed by atoms with Crippen LogP contribution in [0.5, 0.6) is 0 Å². The van der Waals surface area contributed by atoms with Crippen molar-refractivity contribution in [1.82, 2.24) is 0 Å². The second kappa shape index (κ2) is 9.53. The smallest absolute Gasteiger partial charge is 0.0697 e. The molecule has 0 unspecified atom stereocenters. The third-order valence-corrected chi connectivity index (χ3v) is 9.71. The monoisotopic (exact) mass is 548 g/mol. The van der Waals surface area contributed by atoms with E-state index < -0.39 is 0 Å². The number of nitrogens with zero attached hydrogens (tertiary/aromatic N) is 1. The molecule has 0 radical (unpaired) electrons. The van der Waals surface area contributed by atoms with Crippen molar-refractivity contribution in [1.29, 1.82) is 0 Å². The van der Waals surface area contributed by atoms with Gasteiger partial charge in [-0.2, -0.15) is 0 Å². The Bertz CT molecular complexity index is 2160. The van der Waals surface area contributed by atoms with E-state index in [2.05, 4.69) is 144 Å². The van der Waals surface area contributed by atoms with Crippen molar-refractivity contribution in [2.75, 3.05) is 10.2 Å². The Labute approximate surface area is 240 Å². The molecule has 0 spiro atoms. The first-order valence-electron chi connectivity index (χ1n) is 13.4. The Morgan fingerprint density at radius 2 is 1.07 bits per heavy atom. The summed E-state index contributed by atoms with van der Waals surface area (Å²) in [4.78, 5) is 2.43. The Morgan fingerprint density at radius 3 is 1.95 bits per heavy atom. The average molecular weight is 549 g/mol. The molecule has 0 aliphatic carbocycles. The minimum atomic E-state index is 1.06. The second-order valence-electron chi connectivity index (χ2n) is 9.87. The van der Waals surface area contributed by atoms with Crippen LogP contribution in [0.2, 0.25) is 0 Å². The number of rotatable bonds is 5. The summed E-state index contributed by atoms with van der Waals surface area (Å²) in [6.07, 6.45) is 0. The number of fused-ring (bicyclic) bond motifs is 6. The van der Waals surface area contributed by atoms with Gasteiger partial charge in [0.25, 0.3) is 0 Å². The van der Waals surface area contributed by atoms with Crippen LogP contribution in [-0.2, 0) is 0 Å². The fourth-order valence-corrected chi connectivity index (χ4v) is 7.92. The lowest BCUT2D eigenvalue weighted by molar-refractivity contribution is 1.30. The fourth-order valence-electron chi connectivity index (χ4n) is 5.66. The summed E-state index contributed by atoms with van der Waals surface area (Å²) < 4.78 is 5.21. The average Bonchev–Trinajstić information content (AvgIpc) is 3.57. The number of hydrogen-bond acceptors (Lipinski definition) is 4. The van der Waals surface area contributed by atoms with Crippen molar-refractivity contribution >= 4 is 91.5 Å². The summed E-state index contributed by atoms with van der Waals surface area (Å²) in [7, 11) is 0. The van der Waals surface area contributed by atoms with Gasteiger partial charge >= 0.3 is 0 Å². The summed E-state index contributed by atoms with van der Waals surface area (Å²) in [6, 6.07) is 50.0. The molecule has 8 aromatic rings. The number of anilines is 5. The van der Waals surface area contributed by atoms with E-state index in [1.54, 1.807) is 0 Å². The molecule has 6 aromatic carbocycles. The maximum absolute atomic E-state index is 3.69. The highest BCUT2D eigenvalue weighted by Crippen LogP contribution is 2.48. The van der Waals surface area contributed by atoms with Gasteiger partial charge in [-0.05, 0) is 60.7 Å². The van der Waals surface area contributed by atoms with E-state index in [1.165, 1.54) is 46.0 Å². The Balaban J connectivity index is 1.40. The summed E-state index contributed by atoms with van der Waals surface area (Å²) in [6.45, 7) is 0. The first kappa shape index (κ1) is 23.3. The van der Waals surface area contributed by atoms with Gasteiger partial charge in [0.15, 0.2) is 0 Å². The van der Waals surface area contributed by atoms with Crippen LogP contribution in [0.3, 0.4) is 0 Å². The second-order valence-corrected chi connectivity index (χ2v) is 12.0. The first-order chi connectivity index (χ1) is 19.8. The van der Waals surface area contributed by atoms with Gasteiger partial charge in [-0.15, -0.1) is 22.7 Å². The summed E-state index contributed by atoms with van der Waals surface area (Å²) >= 11 is 3.71. The van der Waals surface area contributed by atoms with Crippen LogP contribution in [0.15, 0.2) is 140 Å². The first-order valence-corrected chi connectivity index (χ1v) is 15.0. The Morgan fingerprint density at radius 1 is 0.450 bits per heavy atom. The molecule has 2 heterocycles. The molecule has 40 heavy (non-hydrogen) atoms. The normalized spacial score (nSPS) is 11.5. The van der Waals surface area contributed by atoms with E-state index in [-0.39, 0.29) is 0 Å². The molecule has 0 saturated carbocycles. The molecule has 2 aromatic heterocycles. The third kappa shape index (κ3) is 3.84. The lowest BCUT2D eigenvalue weighted by Gasteiger charge is -2.29. The number of nitrogens with one attached hydrogen (secondary N) is 1. The zero-order chi connectivity index (χ0) is 26.5. The van der Waals surface area contributed by atoms with Gasteiger partial charge in [0, 0.05) is 51.7 Å². The maximum atomic E-state index is 3.69. The number of hydrogen-bond donors (Lipinski definition) is 1. The summed E-state index contributed by atoms with van der Waals surface area (Å²) in [5, 5.41) is 8.89. The molecular weight excluding hydrogens is 525 g/mol. The highest BCUT2D eigenvalue weighted by Gasteiger charge is 2.21. The van der Waals surface area contributed by atoms with E-state index in [0.29, 0.717) is 0 Å². The third-order valence-electron chi connectivity index (χ3n) is 7.44. The van der Waals surface area contributed by atoms with Gasteiger partial charge < -0.3 is 10.2 Å². The molecule has 2 nitrogen and oxygen atoms in total. The van der Waals surface area contributed by atoms with Crippen LogP contribution < -0.4 is 10.2 Å². The molecule has 0 aliphatic heterocycles. The molecule has 190 valence electrons. The van der Waals surface area contributed by atoms with Gasteiger partial charge in [0.05, 0.1) is 17.1 Å². The largest absolute Gasteiger partial charge is 0.354 e. The maximum Gasteiger partial charge on any atom is 0.0697 e. The molecule has 0 aliphatic rings. The van der Waals surface area contributed by atoms with Crippen LogP contribution in [0.4, 0.5) is 28.4 Å². The SMILES string of the molecule is c1ccc(Nc2ccccc2N(c2ccc3c(c2)sc2ccccc23)c2cccc3sc4ccccc4c23)cc1. The number of thiophene rings is 2. The minimum Gasteiger partial charge on any atom is -0.354 e. The van der Waals surface area contributed by atoms with Gasteiger partial charge in [0.2, 0.25) is 0 Å². The summed E-state index contributed by atoms with van der Waals surface area (Å²) in [5.41, 5.74) is 5.55. The van der Waals surface area contributed by atoms with E-state index in [0.717, 1.165) is 22.7 Å². The summed E-state index contributed by atoms with van der Waals surface area (Å²) in [5.74, 6) is 0. The minimum absolute atomic E-state index is 1.06. The van der Waals surface area contributed by atoms with Crippen LogP contribution in [0.1, 0.15) is 0 Å². The quantitative estimate of drug-likeness (QED) is 0.230. The predicted molar refractivity (Wildman–Crippen MR) is 177 cm³/mol. The fraction of sp³-hybridized carbons (Fsp3) is 0. The van der Waals surface area contributed by atoms with Crippen molar-refractivity contribution in [3.63, 3.8) is 0 Å².